The summed E-state index contributed by atoms with van der Waals surface area (Å²) in [5, 5.41) is 5.58. The number of nitrogens with one attached hydrogen (secondary N) is 2. The van der Waals surface area contributed by atoms with E-state index in [9.17, 15) is 9.59 Å². The van der Waals surface area contributed by atoms with E-state index in [1.807, 2.05) is 6.92 Å². The van der Waals surface area contributed by atoms with Crippen molar-refractivity contribution in [1.82, 2.24) is 10.2 Å². The van der Waals surface area contributed by atoms with Gasteiger partial charge in [0.2, 0.25) is 0 Å². The lowest BCUT2D eigenvalue weighted by Gasteiger charge is -2.26. The number of amides is 2. The highest BCUT2D eigenvalue weighted by atomic mass is 16.5. The van der Waals surface area contributed by atoms with Crippen molar-refractivity contribution in [2.24, 2.45) is 0 Å². The Kier molecular flexibility index (Phi) is 8.21. The maximum Gasteiger partial charge on any atom is 0.338 e. The first-order chi connectivity index (χ1) is 12.2. The number of ether oxygens (including phenoxy) is 2. The lowest BCUT2D eigenvalue weighted by molar-refractivity contribution is 0.0388. The zero-order chi connectivity index (χ0) is 17.9. The predicted octanol–water partition coefficient (Wildman–Crippen LogP) is 2.10. The number of carbonyl (C=O) groups excluding carboxylic acids is 2. The molecule has 0 bridgehead atoms. The maximum absolute atomic E-state index is 11.9. The first-order valence-electron chi connectivity index (χ1n) is 8.81. The van der Waals surface area contributed by atoms with E-state index in [4.69, 9.17) is 9.47 Å². The zero-order valence-corrected chi connectivity index (χ0v) is 14.8. The first kappa shape index (κ1) is 19.2. The van der Waals surface area contributed by atoms with Gasteiger partial charge in [-0.2, -0.15) is 0 Å². The lowest BCUT2D eigenvalue weighted by Crippen LogP contribution is -2.42. The Morgan fingerprint density at radius 1 is 1.20 bits per heavy atom. The van der Waals surface area contributed by atoms with Crippen molar-refractivity contribution in [3.05, 3.63) is 29.8 Å². The Morgan fingerprint density at radius 2 is 1.92 bits per heavy atom. The molecule has 1 aliphatic rings. The molecule has 1 aromatic carbocycles. The quantitative estimate of drug-likeness (QED) is 0.555. The number of benzene rings is 1. The molecule has 0 spiro atoms. The molecule has 1 saturated heterocycles. The second-order valence-corrected chi connectivity index (χ2v) is 5.90. The molecule has 1 aromatic rings. The number of nitrogens with zero attached hydrogens (tertiary/aromatic N) is 1. The van der Waals surface area contributed by atoms with Crippen molar-refractivity contribution in [2.45, 2.75) is 19.8 Å². The third-order valence-electron chi connectivity index (χ3n) is 3.93. The molecule has 0 aromatic heterocycles. The van der Waals surface area contributed by atoms with E-state index in [2.05, 4.69) is 15.5 Å². The Hall–Kier alpha value is -2.12. The minimum Gasteiger partial charge on any atom is -0.462 e. The summed E-state index contributed by atoms with van der Waals surface area (Å²) < 4.78 is 10.4. The number of esters is 1. The molecular weight excluding hydrogens is 322 g/mol. The van der Waals surface area contributed by atoms with Gasteiger partial charge in [-0.05, 0) is 30.7 Å². The van der Waals surface area contributed by atoms with Crippen molar-refractivity contribution in [1.29, 1.82) is 0 Å². The molecule has 25 heavy (non-hydrogen) atoms. The van der Waals surface area contributed by atoms with Gasteiger partial charge in [-0.25, -0.2) is 9.59 Å². The molecule has 1 heterocycles. The maximum atomic E-state index is 11.9. The highest BCUT2D eigenvalue weighted by Gasteiger charge is 2.10. The van der Waals surface area contributed by atoms with Crippen LogP contribution in [0.25, 0.3) is 0 Å². The summed E-state index contributed by atoms with van der Waals surface area (Å²) in [6.45, 7) is 7.16. The molecule has 2 amide bonds. The van der Waals surface area contributed by atoms with E-state index in [1.54, 1.807) is 24.3 Å². The van der Waals surface area contributed by atoms with Crippen molar-refractivity contribution in [3.8, 4) is 0 Å². The van der Waals surface area contributed by atoms with E-state index in [1.165, 1.54) is 0 Å². The van der Waals surface area contributed by atoms with Crippen LogP contribution in [0.4, 0.5) is 10.5 Å². The van der Waals surface area contributed by atoms with Gasteiger partial charge in [0.05, 0.1) is 25.4 Å². The van der Waals surface area contributed by atoms with Gasteiger partial charge in [-0.15, -0.1) is 0 Å². The molecule has 2 rings (SSSR count). The number of morpholine rings is 1. The number of hydrogen-bond donors (Lipinski definition) is 2. The van der Waals surface area contributed by atoms with Crippen LogP contribution in [0.3, 0.4) is 0 Å². The lowest BCUT2D eigenvalue weighted by atomic mass is 10.2. The van der Waals surface area contributed by atoms with Crippen LogP contribution in [0.2, 0.25) is 0 Å². The van der Waals surface area contributed by atoms with Crippen molar-refractivity contribution in [3.63, 3.8) is 0 Å². The summed E-state index contributed by atoms with van der Waals surface area (Å²) in [5.41, 5.74) is 1.11. The Labute approximate surface area is 148 Å². The Bertz CT molecular complexity index is 542. The van der Waals surface area contributed by atoms with Gasteiger partial charge in [0.15, 0.2) is 0 Å². The molecule has 7 nitrogen and oxygen atoms in total. The van der Waals surface area contributed by atoms with E-state index in [0.29, 0.717) is 24.4 Å². The van der Waals surface area contributed by atoms with Crippen LogP contribution in [0.15, 0.2) is 24.3 Å². The normalized spacial score (nSPS) is 14.8. The molecular formula is C18H27N3O4. The molecule has 0 unspecified atom stereocenters. The number of carbonyl (C=O) groups is 2. The van der Waals surface area contributed by atoms with Crippen LogP contribution in [0.5, 0.6) is 0 Å². The van der Waals surface area contributed by atoms with Gasteiger partial charge in [0, 0.05) is 31.9 Å². The molecule has 138 valence electrons. The molecule has 2 N–H and O–H groups in total. The second-order valence-electron chi connectivity index (χ2n) is 5.90. The van der Waals surface area contributed by atoms with Gasteiger partial charge in [0.1, 0.15) is 0 Å². The average molecular weight is 349 g/mol. The number of anilines is 1. The van der Waals surface area contributed by atoms with Crippen molar-refractivity contribution < 1.29 is 19.1 Å². The molecule has 1 fully saturated rings. The van der Waals surface area contributed by atoms with Crippen molar-refractivity contribution in [2.75, 3.05) is 51.3 Å². The minimum atomic E-state index is -0.338. The Balaban J connectivity index is 1.68. The third-order valence-corrected chi connectivity index (χ3v) is 3.93. The summed E-state index contributed by atoms with van der Waals surface area (Å²) in [6.07, 6.45) is 1.84. The van der Waals surface area contributed by atoms with E-state index < -0.39 is 0 Å². The summed E-state index contributed by atoms with van der Waals surface area (Å²) in [4.78, 5) is 26.0. The van der Waals surface area contributed by atoms with Crippen LogP contribution in [-0.4, -0.2) is 62.9 Å². The van der Waals surface area contributed by atoms with Gasteiger partial charge in [0.25, 0.3) is 0 Å². The summed E-state index contributed by atoms with van der Waals surface area (Å²) in [6, 6.07) is 6.43. The fourth-order valence-electron chi connectivity index (χ4n) is 2.41. The molecule has 0 radical (unpaired) electrons. The number of hydrogen-bond acceptors (Lipinski definition) is 5. The predicted molar refractivity (Wildman–Crippen MR) is 95.9 cm³/mol. The monoisotopic (exact) mass is 349 g/mol. The summed E-state index contributed by atoms with van der Waals surface area (Å²) in [7, 11) is 0. The Morgan fingerprint density at radius 3 is 2.60 bits per heavy atom. The van der Waals surface area contributed by atoms with Crippen LogP contribution in [-0.2, 0) is 9.47 Å². The van der Waals surface area contributed by atoms with Crippen molar-refractivity contribution >= 4 is 17.7 Å². The number of urea groups is 1. The second kappa shape index (κ2) is 10.7. The topological polar surface area (TPSA) is 79.9 Å². The zero-order valence-electron chi connectivity index (χ0n) is 14.8. The largest absolute Gasteiger partial charge is 0.462 e. The molecule has 7 heteroatoms. The van der Waals surface area contributed by atoms with Crippen LogP contribution >= 0.6 is 0 Å². The summed E-state index contributed by atoms with van der Waals surface area (Å²) >= 11 is 0. The van der Waals surface area contributed by atoms with Crippen LogP contribution < -0.4 is 10.6 Å². The molecule has 0 atom stereocenters. The fourth-order valence-corrected chi connectivity index (χ4v) is 2.41. The highest BCUT2D eigenvalue weighted by Crippen LogP contribution is 2.10. The highest BCUT2D eigenvalue weighted by molar-refractivity contribution is 5.92. The van der Waals surface area contributed by atoms with Gasteiger partial charge < -0.3 is 20.1 Å². The van der Waals surface area contributed by atoms with Gasteiger partial charge in [-0.3, -0.25) is 4.90 Å². The number of rotatable bonds is 8. The first-order valence-corrected chi connectivity index (χ1v) is 8.81. The van der Waals surface area contributed by atoms with E-state index in [0.717, 1.165) is 45.7 Å². The SMILES string of the molecule is CCCCOC(=O)c1ccc(NC(=O)NCCN2CCOCC2)cc1. The van der Waals surface area contributed by atoms with E-state index in [-0.39, 0.29) is 12.0 Å². The minimum absolute atomic E-state index is 0.258. The molecule has 0 saturated carbocycles. The fraction of sp³-hybridized carbons (Fsp3) is 0.556. The molecule has 1 aliphatic heterocycles. The van der Waals surface area contributed by atoms with Crippen LogP contribution in [0, 0.1) is 0 Å². The van der Waals surface area contributed by atoms with Crippen LogP contribution in [0.1, 0.15) is 30.1 Å². The van der Waals surface area contributed by atoms with Gasteiger partial charge >= 0.3 is 12.0 Å². The average Bonchev–Trinajstić information content (AvgIpc) is 2.63. The molecule has 0 aliphatic carbocycles. The standard InChI is InChI=1S/C18H27N3O4/c1-2-3-12-25-17(22)15-4-6-16(7-5-15)20-18(23)19-8-9-21-10-13-24-14-11-21/h4-7H,2-3,8-14H2,1H3,(H2,19,20,23). The third kappa shape index (κ3) is 7.11. The smallest absolute Gasteiger partial charge is 0.338 e. The van der Waals surface area contributed by atoms with E-state index >= 15 is 0 Å². The number of unbranched alkanes of at least 4 members (excludes halogenated alkanes) is 1. The van der Waals surface area contributed by atoms with Gasteiger partial charge in [-0.1, -0.05) is 13.3 Å². The summed E-state index contributed by atoms with van der Waals surface area (Å²) in [5.74, 6) is -0.338.